The summed E-state index contributed by atoms with van der Waals surface area (Å²) >= 11 is 3.21. The third-order valence-corrected chi connectivity index (χ3v) is 3.92. The van der Waals surface area contributed by atoms with Crippen molar-refractivity contribution in [3.05, 3.63) is 22.9 Å². The number of aromatic nitrogens is 1. The fourth-order valence-corrected chi connectivity index (χ4v) is 2.77. The Morgan fingerprint density at radius 3 is 2.63 bits per heavy atom. The first-order valence-corrected chi connectivity index (χ1v) is 6.92. The van der Waals surface area contributed by atoms with E-state index in [1.807, 2.05) is 6.92 Å². The van der Waals surface area contributed by atoms with Crippen molar-refractivity contribution in [1.29, 1.82) is 0 Å². The number of rotatable bonds is 3. The molecule has 5 nitrogen and oxygen atoms in total. The van der Waals surface area contributed by atoms with Gasteiger partial charge in [0.2, 0.25) is 5.91 Å². The molecule has 0 aliphatic heterocycles. The van der Waals surface area contributed by atoms with E-state index in [9.17, 15) is 9.59 Å². The molecular formula is C13H15BrN2O3. The van der Waals surface area contributed by atoms with Crippen LogP contribution in [-0.4, -0.2) is 22.0 Å². The van der Waals surface area contributed by atoms with E-state index in [4.69, 9.17) is 5.11 Å². The predicted octanol–water partition coefficient (Wildman–Crippen LogP) is 2.53. The van der Waals surface area contributed by atoms with Crippen molar-refractivity contribution in [1.82, 2.24) is 4.98 Å². The van der Waals surface area contributed by atoms with Crippen molar-refractivity contribution < 1.29 is 14.7 Å². The molecule has 0 saturated heterocycles. The summed E-state index contributed by atoms with van der Waals surface area (Å²) in [6.45, 7) is 1.98. The highest BCUT2D eigenvalue weighted by atomic mass is 79.9. The minimum Gasteiger partial charge on any atom is -0.481 e. The summed E-state index contributed by atoms with van der Waals surface area (Å²) in [6.07, 6.45) is 2.72. The van der Waals surface area contributed by atoms with Crippen LogP contribution >= 0.6 is 15.9 Å². The molecule has 1 aromatic rings. The normalized spacial score (nSPS) is 26.1. The number of carboxylic acid groups (broad SMARTS) is 1. The number of carboxylic acids is 1. The fourth-order valence-electron chi connectivity index (χ4n) is 2.54. The van der Waals surface area contributed by atoms with Gasteiger partial charge in [-0.15, -0.1) is 0 Å². The van der Waals surface area contributed by atoms with Crippen molar-refractivity contribution in [3.8, 4) is 0 Å². The Labute approximate surface area is 119 Å². The third-order valence-electron chi connectivity index (χ3n) is 3.45. The number of nitrogens with one attached hydrogen (secondary N) is 1. The smallest absolute Gasteiger partial charge is 0.307 e. The van der Waals surface area contributed by atoms with Crippen molar-refractivity contribution in [2.75, 3.05) is 5.32 Å². The summed E-state index contributed by atoms with van der Waals surface area (Å²) in [5.74, 6) is -1.91. The second-order valence-corrected chi connectivity index (χ2v) is 5.80. The maximum Gasteiger partial charge on any atom is 0.307 e. The lowest BCUT2D eigenvalue weighted by atomic mass is 9.95. The van der Waals surface area contributed by atoms with Crippen LogP contribution < -0.4 is 5.32 Å². The summed E-state index contributed by atoms with van der Waals surface area (Å²) in [6, 6.07) is 3.45. The molecule has 1 saturated carbocycles. The molecule has 0 bridgehead atoms. The Bertz CT molecular complexity index is 489. The molecule has 19 heavy (non-hydrogen) atoms. The Morgan fingerprint density at radius 2 is 2.05 bits per heavy atom. The zero-order valence-corrected chi connectivity index (χ0v) is 12.1. The van der Waals surface area contributed by atoms with E-state index >= 15 is 0 Å². The van der Waals surface area contributed by atoms with Crippen LogP contribution in [0.2, 0.25) is 0 Å². The van der Waals surface area contributed by atoms with Gasteiger partial charge in [0.05, 0.1) is 23.7 Å². The molecule has 1 amide bonds. The van der Waals surface area contributed by atoms with E-state index in [1.165, 1.54) is 6.20 Å². The van der Waals surface area contributed by atoms with Gasteiger partial charge in [-0.3, -0.25) is 9.59 Å². The molecule has 1 aliphatic carbocycles. The van der Waals surface area contributed by atoms with Crippen LogP contribution in [0.25, 0.3) is 0 Å². The molecule has 6 heteroatoms. The summed E-state index contributed by atoms with van der Waals surface area (Å²) in [5, 5.41) is 11.9. The van der Waals surface area contributed by atoms with Crippen molar-refractivity contribution in [3.63, 3.8) is 0 Å². The summed E-state index contributed by atoms with van der Waals surface area (Å²) in [7, 11) is 0. The Kier molecular flexibility index (Phi) is 4.19. The molecule has 1 heterocycles. The number of carbonyl (C=O) groups excluding carboxylic acids is 1. The van der Waals surface area contributed by atoms with Crippen LogP contribution in [0, 0.1) is 17.8 Å². The standard InChI is InChI=1S/C13H15BrN2O3/c1-7-4-9(10(5-7)13(18)19)12(17)16-8-2-3-11(14)15-6-8/h2-3,6-7,9-10H,4-5H2,1H3,(H,16,17)(H,18,19)/t7?,9-,10+/m0/s1. The van der Waals surface area contributed by atoms with Gasteiger partial charge in [-0.2, -0.15) is 0 Å². The first-order chi connectivity index (χ1) is 8.97. The largest absolute Gasteiger partial charge is 0.481 e. The maximum absolute atomic E-state index is 12.1. The molecule has 0 radical (unpaired) electrons. The van der Waals surface area contributed by atoms with E-state index in [0.717, 1.165) is 0 Å². The minimum absolute atomic E-state index is 0.235. The van der Waals surface area contributed by atoms with Gasteiger partial charge < -0.3 is 10.4 Å². The number of carbonyl (C=O) groups is 2. The van der Waals surface area contributed by atoms with Crippen LogP contribution in [-0.2, 0) is 9.59 Å². The fraction of sp³-hybridized carbons (Fsp3) is 0.462. The number of amides is 1. The number of halogens is 1. The maximum atomic E-state index is 12.1. The first-order valence-electron chi connectivity index (χ1n) is 6.12. The lowest BCUT2D eigenvalue weighted by Crippen LogP contribution is -2.30. The summed E-state index contributed by atoms with van der Waals surface area (Å²) in [5.41, 5.74) is 0.580. The van der Waals surface area contributed by atoms with Gasteiger partial charge in [0.25, 0.3) is 0 Å². The summed E-state index contributed by atoms with van der Waals surface area (Å²) < 4.78 is 0.684. The monoisotopic (exact) mass is 326 g/mol. The first kappa shape index (κ1) is 14.0. The average Bonchev–Trinajstić information content (AvgIpc) is 2.74. The van der Waals surface area contributed by atoms with E-state index in [-0.39, 0.29) is 11.8 Å². The van der Waals surface area contributed by atoms with Gasteiger partial charge in [-0.25, -0.2) is 4.98 Å². The Balaban J connectivity index is 2.06. The molecular weight excluding hydrogens is 312 g/mol. The van der Waals surface area contributed by atoms with E-state index < -0.39 is 17.8 Å². The van der Waals surface area contributed by atoms with Crippen molar-refractivity contribution in [2.45, 2.75) is 19.8 Å². The molecule has 2 rings (SSSR count). The third kappa shape index (κ3) is 3.32. The number of anilines is 1. The number of nitrogens with zero attached hydrogens (tertiary/aromatic N) is 1. The Morgan fingerprint density at radius 1 is 1.37 bits per heavy atom. The number of hydrogen-bond acceptors (Lipinski definition) is 3. The zero-order valence-electron chi connectivity index (χ0n) is 10.5. The van der Waals surface area contributed by atoms with Gasteiger partial charge in [-0.1, -0.05) is 6.92 Å². The molecule has 1 fully saturated rings. The number of pyridine rings is 1. The van der Waals surface area contributed by atoms with E-state index in [2.05, 4.69) is 26.2 Å². The highest BCUT2D eigenvalue weighted by Crippen LogP contribution is 2.37. The predicted molar refractivity (Wildman–Crippen MR) is 73.6 cm³/mol. The molecule has 3 atom stereocenters. The highest BCUT2D eigenvalue weighted by molar-refractivity contribution is 9.10. The second-order valence-electron chi connectivity index (χ2n) is 4.99. The molecule has 2 N–H and O–H groups in total. The van der Waals surface area contributed by atoms with Gasteiger partial charge in [-0.05, 0) is 46.8 Å². The van der Waals surface area contributed by atoms with Crippen LogP contribution in [0.4, 0.5) is 5.69 Å². The molecule has 102 valence electrons. The van der Waals surface area contributed by atoms with Gasteiger partial charge >= 0.3 is 5.97 Å². The van der Waals surface area contributed by atoms with Gasteiger partial charge in [0.1, 0.15) is 4.60 Å². The molecule has 1 aliphatic rings. The molecule has 1 unspecified atom stereocenters. The topological polar surface area (TPSA) is 79.3 Å². The van der Waals surface area contributed by atoms with Crippen molar-refractivity contribution >= 4 is 33.5 Å². The van der Waals surface area contributed by atoms with Gasteiger partial charge in [0.15, 0.2) is 0 Å². The zero-order chi connectivity index (χ0) is 14.0. The quantitative estimate of drug-likeness (QED) is 0.836. The minimum atomic E-state index is -0.890. The van der Waals surface area contributed by atoms with E-state index in [1.54, 1.807) is 12.1 Å². The van der Waals surface area contributed by atoms with Crippen LogP contribution in [0.1, 0.15) is 19.8 Å². The second kappa shape index (κ2) is 5.69. The molecule has 0 spiro atoms. The van der Waals surface area contributed by atoms with Crippen LogP contribution in [0.5, 0.6) is 0 Å². The molecule has 1 aromatic heterocycles. The number of aliphatic carboxylic acids is 1. The highest BCUT2D eigenvalue weighted by Gasteiger charge is 2.41. The van der Waals surface area contributed by atoms with Crippen LogP contribution in [0.3, 0.4) is 0 Å². The Hall–Kier alpha value is -1.43. The SMILES string of the molecule is CC1C[C@H](C(=O)Nc2ccc(Br)nc2)[C@H](C(=O)O)C1. The van der Waals surface area contributed by atoms with E-state index in [0.29, 0.717) is 23.1 Å². The summed E-state index contributed by atoms with van der Waals surface area (Å²) in [4.78, 5) is 27.3. The molecule has 0 aromatic carbocycles. The van der Waals surface area contributed by atoms with Crippen LogP contribution in [0.15, 0.2) is 22.9 Å². The average molecular weight is 327 g/mol. The van der Waals surface area contributed by atoms with Gasteiger partial charge in [0, 0.05) is 0 Å². The number of hydrogen-bond donors (Lipinski definition) is 2. The lowest BCUT2D eigenvalue weighted by molar-refractivity contribution is -0.145. The van der Waals surface area contributed by atoms with Crippen molar-refractivity contribution in [2.24, 2.45) is 17.8 Å². The lowest BCUT2D eigenvalue weighted by Gasteiger charge is -2.15.